The largest absolute Gasteiger partial charge is 0.464 e. The van der Waals surface area contributed by atoms with E-state index in [1.165, 1.54) is 12.8 Å². The third-order valence-electron chi connectivity index (χ3n) is 3.27. The monoisotopic (exact) mass is 275 g/mol. The van der Waals surface area contributed by atoms with Crippen LogP contribution >= 0.6 is 0 Å². The normalized spacial score (nSPS) is 14.7. The zero-order valence-corrected chi connectivity index (χ0v) is 12.6. The predicted octanol–water partition coefficient (Wildman–Crippen LogP) is 3.24. The first-order valence-electron chi connectivity index (χ1n) is 7.22. The minimum atomic E-state index is -0.990. The van der Waals surface area contributed by atoms with Crippen LogP contribution in [0.15, 0.2) is 0 Å². The number of rotatable bonds is 10. The van der Waals surface area contributed by atoms with Crippen molar-refractivity contribution in [3.63, 3.8) is 0 Å². The molecular formula is C14H29NO4. The molecule has 19 heavy (non-hydrogen) atoms. The first-order chi connectivity index (χ1) is 8.88. The van der Waals surface area contributed by atoms with Gasteiger partial charge < -0.3 is 4.74 Å². The molecule has 2 unspecified atom stereocenters. The van der Waals surface area contributed by atoms with Crippen LogP contribution in [0, 0.1) is 11.8 Å². The Labute approximate surface area is 116 Å². The molecule has 0 saturated carbocycles. The van der Waals surface area contributed by atoms with Crippen molar-refractivity contribution in [3.05, 3.63) is 0 Å². The molecule has 0 amide bonds. The number of ether oxygens (including phenoxy) is 1. The Kier molecular flexibility index (Phi) is 9.83. The number of carbonyl (C=O) groups is 1. The van der Waals surface area contributed by atoms with E-state index in [0.717, 1.165) is 18.8 Å². The molecule has 5 heteroatoms. The molecule has 0 aliphatic heterocycles. The van der Waals surface area contributed by atoms with E-state index >= 15 is 0 Å². The van der Waals surface area contributed by atoms with Gasteiger partial charge in [0.1, 0.15) is 0 Å². The second-order valence-corrected chi connectivity index (χ2v) is 5.63. The molecule has 0 aromatic rings. The molecule has 2 N–H and O–H groups in total. The van der Waals surface area contributed by atoms with Gasteiger partial charge in [-0.1, -0.05) is 52.2 Å². The van der Waals surface area contributed by atoms with Crippen LogP contribution in [0.25, 0.3) is 0 Å². The van der Waals surface area contributed by atoms with Crippen LogP contribution in [0.1, 0.15) is 59.8 Å². The Hall–Kier alpha value is -0.650. The minimum Gasteiger partial charge on any atom is -0.464 e. The van der Waals surface area contributed by atoms with E-state index in [0.29, 0.717) is 18.9 Å². The molecule has 0 bridgehead atoms. The number of hydroxylamine groups is 2. The molecule has 0 aliphatic rings. The Morgan fingerprint density at radius 3 is 2.26 bits per heavy atom. The van der Waals surface area contributed by atoms with E-state index in [2.05, 4.69) is 20.8 Å². The van der Waals surface area contributed by atoms with Gasteiger partial charge in [0.15, 0.2) is 6.04 Å². The molecule has 0 heterocycles. The Bertz CT molecular complexity index is 244. The molecule has 0 aromatic carbocycles. The fraction of sp³-hybridized carbons (Fsp3) is 0.929. The maximum atomic E-state index is 11.5. The van der Waals surface area contributed by atoms with Crippen molar-refractivity contribution in [2.45, 2.75) is 65.8 Å². The van der Waals surface area contributed by atoms with Crippen molar-refractivity contribution in [2.24, 2.45) is 11.8 Å². The van der Waals surface area contributed by atoms with Crippen molar-refractivity contribution in [2.75, 3.05) is 6.61 Å². The van der Waals surface area contributed by atoms with Gasteiger partial charge in [0, 0.05) is 0 Å². The Morgan fingerprint density at radius 2 is 1.79 bits per heavy atom. The summed E-state index contributed by atoms with van der Waals surface area (Å²) in [5.41, 5.74) is 0. The van der Waals surface area contributed by atoms with Gasteiger partial charge in [-0.2, -0.15) is 0 Å². The average Bonchev–Trinajstić information content (AvgIpc) is 2.28. The van der Waals surface area contributed by atoms with E-state index in [1.807, 2.05) is 0 Å². The van der Waals surface area contributed by atoms with Gasteiger partial charge in [0.2, 0.25) is 0 Å². The van der Waals surface area contributed by atoms with Crippen LogP contribution in [0.2, 0.25) is 0 Å². The van der Waals surface area contributed by atoms with Gasteiger partial charge in [0.05, 0.1) is 6.61 Å². The highest BCUT2D eigenvalue weighted by Gasteiger charge is 2.23. The summed E-state index contributed by atoms with van der Waals surface area (Å²) in [6, 6.07) is -0.990. The zero-order chi connectivity index (χ0) is 14.8. The van der Waals surface area contributed by atoms with Crippen LogP contribution in [-0.4, -0.2) is 34.3 Å². The van der Waals surface area contributed by atoms with Crippen LogP contribution in [-0.2, 0) is 9.53 Å². The number of hydrogen-bond acceptors (Lipinski definition) is 5. The van der Waals surface area contributed by atoms with Crippen LogP contribution < -0.4 is 0 Å². The summed E-state index contributed by atoms with van der Waals surface area (Å²) in [5, 5.41) is 17.6. The Balaban J connectivity index is 3.74. The number of carbonyl (C=O) groups excluding carboxylic acids is 1. The summed E-state index contributed by atoms with van der Waals surface area (Å²) >= 11 is 0. The van der Waals surface area contributed by atoms with Crippen molar-refractivity contribution in [1.82, 2.24) is 5.23 Å². The maximum absolute atomic E-state index is 11.5. The van der Waals surface area contributed by atoms with Gasteiger partial charge in [-0.25, -0.2) is 0 Å². The molecule has 114 valence electrons. The highest BCUT2D eigenvalue weighted by atomic mass is 16.8. The lowest BCUT2D eigenvalue weighted by Gasteiger charge is -2.18. The molecule has 0 fully saturated rings. The fourth-order valence-corrected chi connectivity index (χ4v) is 1.90. The third kappa shape index (κ3) is 8.97. The molecule has 2 atom stereocenters. The summed E-state index contributed by atoms with van der Waals surface area (Å²) in [5.74, 6) is 0.670. The number of hydrogen-bond donors (Lipinski definition) is 2. The van der Waals surface area contributed by atoms with E-state index in [-0.39, 0.29) is 5.23 Å². The van der Waals surface area contributed by atoms with E-state index in [4.69, 9.17) is 15.2 Å². The molecule has 0 radical (unpaired) electrons. The molecule has 0 spiro atoms. The van der Waals surface area contributed by atoms with Crippen molar-refractivity contribution in [1.29, 1.82) is 0 Å². The van der Waals surface area contributed by atoms with Gasteiger partial charge in [-0.05, 0) is 24.7 Å². The smallest absolute Gasteiger partial charge is 0.328 e. The lowest BCUT2D eigenvalue weighted by Crippen LogP contribution is -2.37. The summed E-state index contributed by atoms with van der Waals surface area (Å²) < 4.78 is 5.05. The first-order valence-corrected chi connectivity index (χ1v) is 7.22. The van der Waals surface area contributed by atoms with E-state index < -0.39 is 12.0 Å². The van der Waals surface area contributed by atoms with Crippen molar-refractivity contribution >= 4 is 5.97 Å². The third-order valence-corrected chi connectivity index (χ3v) is 3.27. The second-order valence-electron chi connectivity index (χ2n) is 5.63. The topological polar surface area (TPSA) is 70.0 Å². The minimum absolute atomic E-state index is 0.0750. The summed E-state index contributed by atoms with van der Waals surface area (Å²) in [6.07, 6.45) is 4.68. The number of nitrogens with zero attached hydrogens (tertiary/aromatic N) is 1. The SMILES string of the molecule is CCC(C(=O)OCCC(C)CCCC(C)C)N(O)O. The number of esters is 1. The highest BCUT2D eigenvalue weighted by molar-refractivity contribution is 5.75. The molecule has 5 nitrogen and oxygen atoms in total. The summed E-state index contributed by atoms with van der Waals surface area (Å²) in [4.78, 5) is 11.5. The Morgan fingerprint density at radius 1 is 1.16 bits per heavy atom. The van der Waals surface area contributed by atoms with Crippen molar-refractivity contribution < 1.29 is 19.9 Å². The van der Waals surface area contributed by atoms with E-state index in [9.17, 15) is 4.79 Å². The van der Waals surface area contributed by atoms with E-state index in [1.54, 1.807) is 6.92 Å². The quantitative estimate of drug-likeness (QED) is 0.473. The summed E-state index contributed by atoms with van der Waals surface area (Å²) in [6.45, 7) is 8.61. The van der Waals surface area contributed by atoms with Gasteiger partial charge >= 0.3 is 5.97 Å². The van der Waals surface area contributed by atoms with Gasteiger partial charge in [-0.15, -0.1) is 0 Å². The van der Waals surface area contributed by atoms with Crippen LogP contribution in [0.5, 0.6) is 0 Å². The van der Waals surface area contributed by atoms with Crippen molar-refractivity contribution in [3.8, 4) is 0 Å². The van der Waals surface area contributed by atoms with Gasteiger partial charge in [-0.3, -0.25) is 15.2 Å². The van der Waals surface area contributed by atoms with Crippen LogP contribution in [0.3, 0.4) is 0 Å². The standard InChI is InChI=1S/C14H29NO4/c1-5-13(15(17)18)14(16)19-10-9-12(4)8-6-7-11(2)3/h11-13,17-18H,5-10H2,1-4H3. The second kappa shape index (κ2) is 10.2. The lowest BCUT2D eigenvalue weighted by atomic mass is 9.98. The molecular weight excluding hydrogens is 246 g/mol. The molecule has 0 aromatic heterocycles. The van der Waals surface area contributed by atoms with Gasteiger partial charge in [0.25, 0.3) is 0 Å². The maximum Gasteiger partial charge on any atom is 0.328 e. The lowest BCUT2D eigenvalue weighted by molar-refractivity contribution is -0.328. The molecule has 0 aliphatic carbocycles. The summed E-state index contributed by atoms with van der Waals surface area (Å²) in [7, 11) is 0. The predicted molar refractivity (Wildman–Crippen MR) is 72.9 cm³/mol. The van der Waals surface area contributed by atoms with Crippen LogP contribution in [0.4, 0.5) is 0 Å². The molecule has 0 saturated heterocycles. The first kappa shape index (κ1) is 18.4. The average molecular weight is 275 g/mol. The fourth-order valence-electron chi connectivity index (χ4n) is 1.90. The molecule has 0 rings (SSSR count). The highest BCUT2D eigenvalue weighted by Crippen LogP contribution is 2.15. The zero-order valence-electron chi connectivity index (χ0n) is 12.6.